The van der Waals surface area contributed by atoms with Gasteiger partial charge in [-0.2, -0.15) is 0 Å². The molecule has 0 aliphatic carbocycles. The fraction of sp³-hybridized carbons (Fsp3) is 0.500. The van der Waals surface area contributed by atoms with Crippen molar-refractivity contribution in [2.75, 3.05) is 12.3 Å². The molecule has 0 unspecified atom stereocenters. The molecule has 0 aliphatic rings. The molecule has 0 aromatic heterocycles. The number of carboxylic acids is 1. The summed E-state index contributed by atoms with van der Waals surface area (Å²) in [6.45, 7) is 2.55. The highest BCUT2D eigenvalue weighted by Gasteiger charge is 2.12. The smallest absolute Gasteiger partial charge is 0.303 e. The third-order valence-corrected chi connectivity index (χ3v) is 4.33. The first kappa shape index (κ1) is 17.6. The summed E-state index contributed by atoms with van der Waals surface area (Å²) in [5.74, 6) is 0.0333. The van der Waals surface area contributed by atoms with Crippen molar-refractivity contribution in [1.29, 1.82) is 0 Å². The van der Waals surface area contributed by atoms with Crippen LogP contribution in [0.2, 0.25) is 0 Å². The lowest BCUT2D eigenvalue weighted by Gasteiger charge is -2.11. The fourth-order valence-electron chi connectivity index (χ4n) is 1.78. The molecule has 0 bridgehead atoms. The lowest BCUT2D eigenvalue weighted by Crippen LogP contribution is -2.31. The van der Waals surface area contributed by atoms with Gasteiger partial charge in [0.05, 0.1) is 0 Å². The molecule has 4 nitrogen and oxygen atoms in total. The molecular formula is C16H23NO3S. The first-order valence-electron chi connectivity index (χ1n) is 7.27. The van der Waals surface area contributed by atoms with Gasteiger partial charge in [-0.25, -0.2) is 0 Å². The monoisotopic (exact) mass is 309 g/mol. The predicted molar refractivity (Wildman–Crippen MR) is 85.4 cm³/mol. The lowest BCUT2D eigenvalue weighted by molar-refractivity contribution is -0.137. The zero-order valence-electron chi connectivity index (χ0n) is 12.4. The Hall–Kier alpha value is -1.49. The zero-order valence-corrected chi connectivity index (χ0v) is 13.2. The van der Waals surface area contributed by atoms with Crippen LogP contribution >= 0.6 is 11.8 Å². The Morgan fingerprint density at radius 1 is 1.19 bits per heavy atom. The Balaban J connectivity index is 2.09. The second-order valence-corrected chi connectivity index (χ2v) is 6.11. The molecule has 1 aromatic carbocycles. The molecule has 0 fully saturated rings. The van der Waals surface area contributed by atoms with Gasteiger partial charge in [-0.3, -0.25) is 9.59 Å². The van der Waals surface area contributed by atoms with Crippen LogP contribution in [0.15, 0.2) is 35.2 Å². The van der Waals surface area contributed by atoms with Gasteiger partial charge in [0, 0.05) is 29.5 Å². The van der Waals surface area contributed by atoms with Crippen molar-refractivity contribution < 1.29 is 14.7 Å². The van der Waals surface area contributed by atoms with Crippen LogP contribution in [0.25, 0.3) is 0 Å². The molecule has 2 N–H and O–H groups in total. The van der Waals surface area contributed by atoms with Gasteiger partial charge in [0.25, 0.3) is 0 Å². The van der Waals surface area contributed by atoms with Gasteiger partial charge in [-0.15, -0.1) is 11.8 Å². The van der Waals surface area contributed by atoms with E-state index in [0.29, 0.717) is 13.0 Å². The van der Waals surface area contributed by atoms with Crippen LogP contribution in [0.1, 0.15) is 32.6 Å². The molecule has 0 spiro atoms. The number of carbonyl (C=O) groups excluding carboxylic acids is 1. The summed E-state index contributed by atoms with van der Waals surface area (Å²) in [6, 6.07) is 10.0. The molecule has 0 aliphatic heterocycles. The van der Waals surface area contributed by atoms with Crippen LogP contribution in [-0.4, -0.2) is 29.3 Å². The quantitative estimate of drug-likeness (QED) is 0.514. The highest BCUT2D eigenvalue weighted by atomic mass is 32.2. The molecule has 0 radical (unpaired) electrons. The van der Waals surface area contributed by atoms with Crippen molar-refractivity contribution >= 4 is 23.6 Å². The second-order valence-electron chi connectivity index (χ2n) is 5.02. The van der Waals surface area contributed by atoms with Crippen molar-refractivity contribution in [2.24, 2.45) is 5.92 Å². The Kier molecular flexibility index (Phi) is 8.59. The van der Waals surface area contributed by atoms with Crippen molar-refractivity contribution in [3.63, 3.8) is 0 Å². The third-order valence-electron chi connectivity index (χ3n) is 3.06. The van der Waals surface area contributed by atoms with Crippen molar-refractivity contribution in [2.45, 2.75) is 37.5 Å². The predicted octanol–water partition coefficient (Wildman–Crippen LogP) is 3.18. The Morgan fingerprint density at radius 2 is 1.90 bits per heavy atom. The topological polar surface area (TPSA) is 66.4 Å². The minimum Gasteiger partial charge on any atom is -0.481 e. The van der Waals surface area contributed by atoms with Crippen molar-refractivity contribution in [3.05, 3.63) is 30.3 Å². The van der Waals surface area contributed by atoms with Crippen LogP contribution in [-0.2, 0) is 9.59 Å². The van der Waals surface area contributed by atoms with E-state index in [1.807, 2.05) is 37.3 Å². The normalized spacial score (nSPS) is 11.9. The summed E-state index contributed by atoms with van der Waals surface area (Å²) in [5.41, 5.74) is 0. The molecule has 116 valence electrons. The summed E-state index contributed by atoms with van der Waals surface area (Å²) in [6.07, 6.45) is 2.54. The number of carboxylic acid groups (broad SMARTS) is 1. The highest BCUT2D eigenvalue weighted by Crippen LogP contribution is 2.20. The summed E-state index contributed by atoms with van der Waals surface area (Å²) in [4.78, 5) is 23.4. The molecule has 1 aromatic rings. The molecule has 1 atom stereocenters. The van der Waals surface area contributed by atoms with E-state index in [-0.39, 0.29) is 18.2 Å². The van der Waals surface area contributed by atoms with Gasteiger partial charge in [-0.1, -0.05) is 31.5 Å². The average Bonchev–Trinajstić information content (AvgIpc) is 2.48. The summed E-state index contributed by atoms with van der Waals surface area (Å²) in [7, 11) is 0. The van der Waals surface area contributed by atoms with E-state index in [2.05, 4.69) is 5.32 Å². The number of aliphatic carboxylic acids is 1. The number of thioether (sulfide) groups is 1. The number of carbonyl (C=O) groups is 2. The van der Waals surface area contributed by atoms with Crippen LogP contribution < -0.4 is 5.32 Å². The maximum atomic E-state index is 11.9. The maximum absolute atomic E-state index is 11.9. The van der Waals surface area contributed by atoms with E-state index in [4.69, 9.17) is 5.11 Å². The van der Waals surface area contributed by atoms with Crippen LogP contribution in [0.3, 0.4) is 0 Å². The van der Waals surface area contributed by atoms with Crippen molar-refractivity contribution in [1.82, 2.24) is 5.32 Å². The zero-order chi connectivity index (χ0) is 15.5. The average molecular weight is 309 g/mol. The SMILES string of the molecule is C[C@H](CSc1ccccc1)C(=O)NCCCCCC(=O)O. The molecular weight excluding hydrogens is 286 g/mol. The van der Waals surface area contributed by atoms with E-state index < -0.39 is 5.97 Å². The summed E-state index contributed by atoms with van der Waals surface area (Å²) in [5, 5.41) is 11.4. The Morgan fingerprint density at radius 3 is 2.57 bits per heavy atom. The van der Waals surface area contributed by atoms with Gasteiger partial charge in [0.2, 0.25) is 5.91 Å². The van der Waals surface area contributed by atoms with E-state index in [1.165, 1.54) is 4.90 Å². The van der Waals surface area contributed by atoms with Gasteiger partial charge in [0.1, 0.15) is 0 Å². The number of rotatable bonds is 10. The highest BCUT2D eigenvalue weighted by molar-refractivity contribution is 7.99. The standard InChI is InChI=1S/C16H23NO3S/c1-13(12-21-14-8-4-2-5-9-14)16(20)17-11-7-3-6-10-15(18)19/h2,4-5,8-9,13H,3,6-7,10-12H2,1H3,(H,17,20)(H,18,19)/t13-/m1/s1. The summed E-state index contributed by atoms with van der Waals surface area (Å²) < 4.78 is 0. The minimum absolute atomic E-state index is 0.0331. The lowest BCUT2D eigenvalue weighted by atomic mass is 10.2. The number of nitrogens with one attached hydrogen (secondary N) is 1. The van der Waals surface area contributed by atoms with Crippen molar-refractivity contribution in [3.8, 4) is 0 Å². The van der Waals surface area contributed by atoms with E-state index in [1.54, 1.807) is 11.8 Å². The van der Waals surface area contributed by atoms with E-state index in [9.17, 15) is 9.59 Å². The summed E-state index contributed by atoms with van der Waals surface area (Å²) >= 11 is 1.68. The van der Waals surface area contributed by atoms with Crippen LogP contribution in [0.5, 0.6) is 0 Å². The van der Waals surface area contributed by atoms with Gasteiger partial charge >= 0.3 is 5.97 Å². The number of hydrogen-bond acceptors (Lipinski definition) is 3. The number of amides is 1. The molecule has 21 heavy (non-hydrogen) atoms. The minimum atomic E-state index is -0.759. The van der Waals surface area contributed by atoms with E-state index in [0.717, 1.165) is 18.6 Å². The molecule has 0 saturated carbocycles. The molecule has 0 heterocycles. The molecule has 1 amide bonds. The number of benzene rings is 1. The maximum Gasteiger partial charge on any atom is 0.303 e. The Bertz CT molecular complexity index is 436. The first-order valence-corrected chi connectivity index (χ1v) is 8.25. The largest absolute Gasteiger partial charge is 0.481 e. The van der Waals surface area contributed by atoms with E-state index >= 15 is 0 Å². The molecule has 0 saturated heterocycles. The first-order chi connectivity index (χ1) is 10.1. The number of unbranched alkanes of at least 4 members (excludes halogenated alkanes) is 2. The van der Waals surface area contributed by atoms with Gasteiger partial charge < -0.3 is 10.4 Å². The number of hydrogen-bond donors (Lipinski definition) is 2. The fourth-order valence-corrected chi connectivity index (χ4v) is 2.72. The molecule has 5 heteroatoms. The van der Waals surface area contributed by atoms with Gasteiger partial charge in [0.15, 0.2) is 0 Å². The Labute approximate surface area is 130 Å². The molecule has 1 rings (SSSR count). The van der Waals surface area contributed by atoms with Crippen LogP contribution in [0.4, 0.5) is 0 Å². The second kappa shape index (κ2) is 10.3. The van der Waals surface area contributed by atoms with Crippen LogP contribution in [0, 0.1) is 5.92 Å². The third kappa shape index (κ3) is 8.40. The van der Waals surface area contributed by atoms with Gasteiger partial charge in [-0.05, 0) is 25.0 Å².